The van der Waals surface area contributed by atoms with E-state index in [1.165, 1.54) is 43.9 Å². The summed E-state index contributed by atoms with van der Waals surface area (Å²) in [4.78, 5) is 2.54. The van der Waals surface area contributed by atoms with Gasteiger partial charge in [0.05, 0.1) is 11.4 Å². The third-order valence-electron chi connectivity index (χ3n) is 3.50. The molecule has 1 aliphatic rings. The van der Waals surface area contributed by atoms with Gasteiger partial charge >= 0.3 is 0 Å². The standard InChI is InChI=1S/C13H24N4/c1-3-12-10-13(16(2)15-12)11-14-6-9-17-7-4-5-8-17/h10,14H,3-9,11H2,1-2H3. The van der Waals surface area contributed by atoms with Gasteiger partial charge in [0.25, 0.3) is 0 Å². The van der Waals surface area contributed by atoms with Crippen LogP contribution in [0, 0.1) is 0 Å². The summed E-state index contributed by atoms with van der Waals surface area (Å²) in [7, 11) is 2.02. The molecule has 1 saturated heterocycles. The van der Waals surface area contributed by atoms with E-state index in [2.05, 4.69) is 28.3 Å². The summed E-state index contributed by atoms with van der Waals surface area (Å²) in [5.41, 5.74) is 2.46. The molecule has 2 heterocycles. The fraction of sp³-hybridized carbons (Fsp3) is 0.769. The minimum Gasteiger partial charge on any atom is -0.310 e. The highest BCUT2D eigenvalue weighted by Gasteiger charge is 2.10. The molecule has 0 spiro atoms. The Morgan fingerprint density at radius 1 is 1.35 bits per heavy atom. The van der Waals surface area contributed by atoms with Gasteiger partial charge in [0, 0.05) is 26.7 Å². The van der Waals surface area contributed by atoms with E-state index in [1.54, 1.807) is 0 Å². The van der Waals surface area contributed by atoms with Crippen molar-refractivity contribution in [2.45, 2.75) is 32.7 Å². The van der Waals surface area contributed by atoms with E-state index in [9.17, 15) is 0 Å². The second-order valence-corrected chi connectivity index (χ2v) is 4.83. The van der Waals surface area contributed by atoms with Gasteiger partial charge in [-0.1, -0.05) is 6.92 Å². The van der Waals surface area contributed by atoms with Crippen molar-refractivity contribution in [2.24, 2.45) is 7.05 Å². The van der Waals surface area contributed by atoms with E-state index in [-0.39, 0.29) is 0 Å². The van der Waals surface area contributed by atoms with E-state index >= 15 is 0 Å². The Labute approximate surface area is 104 Å². The molecule has 0 bridgehead atoms. The van der Waals surface area contributed by atoms with Crippen LogP contribution < -0.4 is 5.32 Å². The highest BCUT2D eigenvalue weighted by molar-refractivity contribution is 5.09. The van der Waals surface area contributed by atoms with Crippen LogP contribution in [0.15, 0.2) is 6.07 Å². The summed E-state index contributed by atoms with van der Waals surface area (Å²) < 4.78 is 1.99. The summed E-state index contributed by atoms with van der Waals surface area (Å²) in [6, 6.07) is 2.20. The van der Waals surface area contributed by atoms with Crippen LogP contribution in [-0.4, -0.2) is 40.9 Å². The first-order valence-electron chi connectivity index (χ1n) is 6.74. The fourth-order valence-corrected chi connectivity index (χ4v) is 2.37. The second kappa shape index (κ2) is 6.17. The van der Waals surface area contributed by atoms with Crippen LogP contribution in [-0.2, 0) is 20.0 Å². The van der Waals surface area contributed by atoms with Crippen molar-refractivity contribution in [3.8, 4) is 0 Å². The maximum Gasteiger partial charge on any atom is 0.0625 e. The molecule has 0 unspecified atom stereocenters. The zero-order valence-electron chi connectivity index (χ0n) is 11.1. The number of hydrogen-bond acceptors (Lipinski definition) is 3. The number of aryl methyl sites for hydroxylation is 2. The van der Waals surface area contributed by atoms with Gasteiger partial charge in [0.15, 0.2) is 0 Å². The average Bonchev–Trinajstić information content (AvgIpc) is 2.94. The molecule has 2 rings (SSSR count). The van der Waals surface area contributed by atoms with E-state index < -0.39 is 0 Å². The van der Waals surface area contributed by atoms with Gasteiger partial charge in [-0.25, -0.2) is 0 Å². The van der Waals surface area contributed by atoms with Crippen molar-refractivity contribution < 1.29 is 0 Å². The summed E-state index contributed by atoms with van der Waals surface area (Å²) >= 11 is 0. The molecule has 0 atom stereocenters. The van der Waals surface area contributed by atoms with Crippen LogP contribution in [0.25, 0.3) is 0 Å². The third-order valence-corrected chi connectivity index (χ3v) is 3.50. The van der Waals surface area contributed by atoms with Gasteiger partial charge in [-0.2, -0.15) is 5.10 Å². The molecule has 0 aliphatic carbocycles. The number of nitrogens with zero attached hydrogens (tertiary/aromatic N) is 3. The van der Waals surface area contributed by atoms with Crippen LogP contribution in [0.1, 0.15) is 31.2 Å². The lowest BCUT2D eigenvalue weighted by atomic mass is 10.3. The van der Waals surface area contributed by atoms with Crippen LogP contribution in [0.2, 0.25) is 0 Å². The molecule has 4 heteroatoms. The predicted octanol–water partition coefficient (Wildman–Crippen LogP) is 1.17. The Hall–Kier alpha value is -0.870. The van der Waals surface area contributed by atoms with E-state index in [0.717, 1.165) is 19.5 Å². The second-order valence-electron chi connectivity index (χ2n) is 4.83. The van der Waals surface area contributed by atoms with Gasteiger partial charge in [0.2, 0.25) is 0 Å². The van der Waals surface area contributed by atoms with Gasteiger partial charge in [-0.05, 0) is 38.4 Å². The first kappa shape index (κ1) is 12.6. The van der Waals surface area contributed by atoms with Crippen molar-refractivity contribution in [1.29, 1.82) is 0 Å². The van der Waals surface area contributed by atoms with Crippen molar-refractivity contribution in [1.82, 2.24) is 20.0 Å². The zero-order valence-corrected chi connectivity index (χ0v) is 11.1. The molecule has 1 aromatic rings. The molecule has 1 aromatic heterocycles. The number of hydrogen-bond donors (Lipinski definition) is 1. The number of aromatic nitrogens is 2. The number of rotatable bonds is 6. The molecule has 4 nitrogen and oxygen atoms in total. The Kier molecular flexibility index (Phi) is 4.57. The van der Waals surface area contributed by atoms with Crippen LogP contribution in [0.5, 0.6) is 0 Å². The first-order valence-corrected chi connectivity index (χ1v) is 6.74. The molecule has 1 aliphatic heterocycles. The van der Waals surface area contributed by atoms with E-state index in [1.807, 2.05) is 11.7 Å². The van der Waals surface area contributed by atoms with Crippen LogP contribution >= 0.6 is 0 Å². The average molecular weight is 236 g/mol. The fourth-order valence-electron chi connectivity index (χ4n) is 2.37. The summed E-state index contributed by atoms with van der Waals surface area (Å²) in [6.45, 7) is 7.90. The predicted molar refractivity (Wildman–Crippen MR) is 70.0 cm³/mol. The normalized spacial score (nSPS) is 16.8. The Morgan fingerprint density at radius 3 is 2.76 bits per heavy atom. The monoisotopic (exact) mass is 236 g/mol. The molecule has 17 heavy (non-hydrogen) atoms. The van der Waals surface area contributed by atoms with Gasteiger partial charge < -0.3 is 10.2 Å². The van der Waals surface area contributed by atoms with E-state index in [4.69, 9.17) is 0 Å². The van der Waals surface area contributed by atoms with Crippen molar-refractivity contribution >= 4 is 0 Å². The maximum absolute atomic E-state index is 4.45. The first-order chi connectivity index (χ1) is 8.29. The zero-order chi connectivity index (χ0) is 12.1. The Bertz CT molecular complexity index is 339. The van der Waals surface area contributed by atoms with E-state index in [0.29, 0.717) is 0 Å². The third kappa shape index (κ3) is 3.54. The molecule has 1 N–H and O–H groups in total. The van der Waals surface area contributed by atoms with Gasteiger partial charge in [-0.15, -0.1) is 0 Å². The molecule has 0 aromatic carbocycles. The van der Waals surface area contributed by atoms with Crippen molar-refractivity contribution in [3.63, 3.8) is 0 Å². The number of nitrogens with one attached hydrogen (secondary N) is 1. The van der Waals surface area contributed by atoms with Crippen molar-refractivity contribution in [3.05, 3.63) is 17.5 Å². The highest BCUT2D eigenvalue weighted by atomic mass is 15.3. The quantitative estimate of drug-likeness (QED) is 0.753. The largest absolute Gasteiger partial charge is 0.310 e. The molecule has 0 amide bonds. The molecule has 96 valence electrons. The Morgan fingerprint density at radius 2 is 2.12 bits per heavy atom. The minimum absolute atomic E-state index is 0.928. The highest BCUT2D eigenvalue weighted by Crippen LogP contribution is 2.06. The summed E-state index contributed by atoms with van der Waals surface area (Å²) in [5, 5.41) is 7.96. The molecular weight excluding hydrogens is 212 g/mol. The smallest absolute Gasteiger partial charge is 0.0625 e. The van der Waals surface area contributed by atoms with Crippen LogP contribution in [0.3, 0.4) is 0 Å². The molecule has 0 radical (unpaired) electrons. The van der Waals surface area contributed by atoms with Gasteiger partial charge in [0.1, 0.15) is 0 Å². The molecule has 0 saturated carbocycles. The SMILES string of the molecule is CCc1cc(CNCCN2CCCC2)n(C)n1. The lowest BCUT2D eigenvalue weighted by Crippen LogP contribution is -2.30. The number of likely N-dealkylation sites (tertiary alicyclic amines) is 1. The lowest BCUT2D eigenvalue weighted by Gasteiger charge is -2.14. The summed E-state index contributed by atoms with van der Waals surface area (Å²) in [5.74, 6) is 0. The topological polar surface area (TPSA) is 33.1 Å². The lowest BCUT2D eigenvalue weighted by molar-refractivity contribution is 0.335. The maximum atomic E-state index is 4.45. The minimum atomic E-state index is 0.928. The summed E-state index contributed by atoms with van der Waals surface area (Å²) in [6.07, 6.45) is 3.77. The molecule has 1 fully saturated rings. The molecular formula is C13H24N4. The Balaban J connectivity index is 1.68. The van der Waals surface area contributed by atoms with Gasteiger partial charge in [-0.3, -0.25) is 4.68 Å². The van der Waals surface area contributed by atoms with Crippen LogP contribution in [0.4, 0.5) is 0 Å². The van der Waals surface area contributed by atoms with Crippen molar-refractivity contribution in [2.75, 3.05) is 26.2 Å².